The zero-order chi connectivity index (χ0) is 17.1. The topological polar surface area (TPSA) is 61.8 Å². The molecule has 2 aromatic heterocycles. The summed E-state index contributed by atoms with van der Waals surface area (Å²) in [5.41, 5.74) is 7.14. The molecule has 0 bridgehead atoms. The van der Waals surface area contributed by atoms with Crippen molar-refractivity contribution in [3.05, 3.63) is 85.1 Å². The van der Waals surface area contributed by atoms with E-state index in [1.165, 1.54) is 0 Å². The Morgan fingerprint density at radius 3 is 2.28 bits per heavy atom. The van der Waals surface area contributed by atoms with E-state index in [0.29, 0.717) is 0 Å². The van der Waals surface area contributed by atoms with Crippen LogP contribution in [0.5, 0.6) is 0 Å². The number of pyridine rings is 1. The van der Waals surface area contributed by atoms with Gasteiger partial charge in [-0.15, -0.1) is 0 Å². The van der Waals surface area contributed by atoms with Crippen LogP contribution in [0.3, 0.4) is 0 Å². The average molecular weight is 327 g/mol. The van der Waals surface area contributed by atoms with Crippen molar-refractivity contribution in [3.63, 3.8) is 0 Å². The molecule has 25 heavy (non-hydrogen) atoms. The predicted octanol–water partition coefficient (Wildman–Crippen LogP) is 4.30. The maximum absolute atomic E-state index is 9.56. The number of imidazole rings is 1. The molecular formula is C21H17N3O. The van der Waals surface area contributed by atoms with Gasteiger partial charge in [-0.3, -0.25) is 4.98 Å². The van der Waals surface area contributed by atoms with Gasteiger partial charge in [-0.2, -0.15) is 0 Å². The lowest BCUT2D eigenvalue weighted by Gasteiger charge is -2.09. The number of aliphatic hydroxyl groups is 1. The normalized spacial score (nSPS) is 10.8. The van der Waals surface area contributed by atoms with E-state index in [0.717, 1.165) is 39.1 Å². The molecule has 4 rings (SSSR count). The van der Waals surface area contributed by atoms with E-state index in [1.807, 2.05) is 42.9 Å². The summed E-state index contributed by atoms with van der Waals surface area (Å²) < 4.78 is 0. The third-order valence-electron chi connectivity index (χ3n) is 4.26. The Morgan fingerprint density at radius 1 is 0.760 bits per heavy atom. The molecule has 4 aromatic rings. The Balaban J connectivity index is 1.70. The number of aromatic nitrogens is 3. The highest BCUT2D eigenvalue weighted by atomic mass is 16.3. The third-order valence-corrected chi connectivity index (χ3v) is 4.26. The molecular weight excluding hydrogens is 310 g/mol. The minimum Gasteiger partial charge on any atom is -0.392 e. The molecule has 2 N–H and O–H groups in total. The second kappa shape index (κ2) is 6.71. The molecule has 0 aliphatic rings. The van der Waals surface area contributed by atoms with E-state index in [1.54, 1.807) is 6.33 Å². The number of rotatable bonds is 4. The van der Waals surface area contributed by atoms with Crippen LogP contribution in [-0.2, 0) is 6.61 Å². The van der Waals surface area contributed by atoms with Crippen LogP contribution in [0.2, 0.25) is 0 Å². The van der Waals surface area contributed by atoms with Gasteiger partial charge in [-0.25, -0.2) is 4.98 Å². The van der Waals surface area contributed by atoms with E-state index in [-0.39, 0.29) is 6.61 Å². The number of benzene rings is 2. The van der Waals surface area contributed by atoms with E-state index in [2.05, 4.69) is 45.3 Å². The lowest BCUT2D eigenvalue weighted by molar-refractivity contribution is 0.282. The fourth-order valence-corrected chi connectivity index (χ4v) is 2.94. The maximum atomic E-state index is 9.56. The standard InChI is InChI=1S/C21H17N3O/c25-13-17-3-1-2-4-20(17)19-9-18(10-22-11-19)15-5-7-16(8-6-15)21-12-23-14-24-21/h1-12,14,25H,13H2,(H,23,24). The maximum Gasteiger partial charge on any atom is 0.0924 e. The Kier molecular flexibility index (Phi) is 4.11. The second-order valence-electron chi connectivity index (χ2n) is 5.82. The largest absolute Gasteiger partial charge is 0.392 e. The van der Waals surface area contributed by atoms with E-state index in [9.17, 15) is 5.11 Å². The Morgan fingerprint density at radius 2 is 1.52 bits per heavy atom. The van der Waals surface area contributed by atoms with Crippen LogP contribution < -0.4 is 0 Å². The van der Waals surface area contributed by atoms with Crippen LogP contribution >= 0.6 is 0 Å². The van der Waals surface area contributed by atoms with Crippen molar-refractivity contribution < 1.29 is 5.11 Å². The fourth-order valence-electron chi connectivity index (χ4n) is 2.94. The van der Waals surface area contributed by atoms with Crippen molar-refractivity contribution in [2.75, 3.05) is 0 Å². The van der Waals surface area contributed by atoms with Gasteiger partial charge in [0, 0.05) is 23.5 Å². The second-order valence-corrected chi connectivity index (χ2v) is 5.82. The van der Waals surface area contributed by atoms with E-state index in [4.69, 9.17) is 0 Å². The van der Waals surface area contributed by atoms with Crippen LogP contribution in [0.15, 0.2) is 79.5 Å². The van der Waals surface area contributed by atoms with Crippen molar-refractivity contribution in [3.8, 4) is 33.5 Å². The Labute approximate surface area is 145 Å². The van der Waals surface area contributed by atoms with Gasteiger partial charge in [0.1, 0.15) is 0 Å². The lowest BCUT2D eigenvalue weighted by atomic mass is 9.98. The van der Waals surface area contributed by atoms with Crippen LogP contribution in [0, 0.1) is 0 Å². The molecule has 122 valence electrons. The average Bonchev–Trinajstić information content (AvgIpc) is 3.23. The first-order valence-corrected chi connectivity index (χ1v) is 8.08. The Hall–Kier alpha value is -3.24. The first-order valence-electron chi connectivity index (χ1n) is 8.08. The van der Waals surface area contributed by atoms with Gasteiger partial charge < -0.3 is 10.1 Å². The molecule has 0 saturated heterocycles. The van der Waals surface area contributed by atoms with Crippen LogP contribution in [0.1, 0.15) is 5.56 Å². The zero-order valence-corrected chi connectivity index (χ0v) is 13.6. The third kappa shape index (κ3) is 3.07. The highest BCUT2D eigenvalue weighted by Crippen LogP contribution is 2.28. The van der Waals surface area contributed by atoms with Gasteiger partial charge in [0.15, 0.2) is 0 Å². The molecule has 0 aliphatic carbocycles. The summed E-state index contributed by atoms with van der Waals surface area (Å²) in [6, 6.07) is 18.2. The number of nitrogens with one attached hydrogen (secondary N) is 1. The molecule has 4 heteroatoms. The summed E-state index contributed by atoms with van der Waals surface area (Å²) in [5.74, 6) is 0. The van der Waals surface area contributed by atoms with Crippen LogP contribution in [0.25, 0.3) is 33.5 Å². The zero-order valence-electron chi connectivity index (χ0n) is 13.6. The van der Waals surface area contributed by atoms with Crippen molar-refractivity contribution >= 4 is 0 Å². The number of hydrogen-bond donors (Lipinski definition) is 2. The first-order chi connectivity index (χ1) is 12.3. The first kappa shape index (κ1) is 15.3. The van der Waals surface area contributed by atoms with Crippen molar-refractivity contribution in [2.24, 2.45) is 0 Å². The van der Waals surface area contributed by atoms with Gasteiger partial charge in [0.05, 0.1) is 24.8 Å². The molecule has 0 atom stereocenters. The lowest BCUT2D eigenvalue weighted by Crippen LogP contribution is -1.90. The number of H-pyrrole nitrogens is 1. The summed E-state index contributed by atoms with van der Waals surface area (Å²) in [4.78, 5) is 11.6. The van der Waals surface area contributed by atoms with Crippen molar-refractivity contribution in [2.45, 2.75) is 6.61 Å². The fraction of sp³-hybridized carbons (Fsp3) is 0.0476. The number of aromatic amines is 1. The minimum atomic E-state index is 0.0132. The number of nitrogens with zero attached hydrogens (tertiary/aromatic N) is 2. The molecule has 4 nitrogen and oxygen atoms in total. The highest BCUT2D eigenvalue weighted by Gasteiger charge is 2.07. The minimum absolute atomic E-state index is 0.0132. The summed E-state index contributed by atoms with van der Waals surface area (Å²) in [7, 11) is 0. The molecule has 0 unspecified atom stereocenters. The van der Waals surface area contributed by atoms with Gasteiger partial charge in [0.25, 0.3) is 0 Å². The molecule has 0 fully saturated rings. The summed E-state index contributed by atoms with van der Waals surface area (Å²) in [6.45, 7) is 0.0132. The molecule has 2 heterocycles. The van der Waals surface area contributed by atoms with Crippen LogP contribution in [-0.4, -0.2) is 20.1 Å². The summed E-state index contributed by atoms with van der Waals surface area (Å²) in [6.07, 6.45) is 7.17. The molecule has 0 spiro atoms. The van der Waals surface area contributed by atoms with Crippen molar-refractivity contribution in [1.82, 2.24) is 15.0 Å². The van der Waals surface area contributed by atoms with Crippen molar-refractivity contribution in [1.29, 1.82) is 0 Å². The Bertz CT molecular complexity index is 976. The molecule has 0 radical (unpaired) electrons. The number of hydrogen-bond acceptors (Lipinski definition) is 3. The van der Waals surface area contributed by atoms with Gasteiger partial charge in [-0.05, 0) is 28.3 Å². The molecule has 2 aromatic carbocycles. The highest BCUT2D eigenvalue weighted by molar-refractivity contribution is 5.74. The molecule has 0 saturated carbocycles. The smallest absolute Gasteiger partial charge is 0.0924 e. The van der Waals surface area contributed by atoms with E-state index < -0.39 is 0 Å². The van der Waals surface area contributed by atoms with Gasteiger partial charge in [-0.1, -0.05) is 48.5 Å². The summed E-state index contributed by atoms with van der Waals surface area (Å²) >= 11 is 0. The monoisotopic (exact) mass is 327 g/mol. The van der Waals surface area contributed by atoms with Crippen LogP contribution in [0.4, 0.5) is 0 Å². The number of aliphatic hydroxyl groups excluding tert-OH is 1. The molecule has 0 amide bonds. The summed E-state index contributed by atoms with van der Waals surface area (Å²) in [5, 5.41) is 9.56. The van der Waals surface area contributed by atoms with Gasteiger partial charge in [0.2, 0.25) is 0 Å². The van der Waals surface area contributed by atoms with E-state index >= 15 is 0 Å². The molecule has 0 aliphatic heterocycles. The SMILES string of the molecule is OCc1ccccc1-c1cncc(-c2ccc(-c3cnc[nH]3)cc2)c1. The predicted molar refractivity (Wildman–Crippen MR) is 98.6 cm³/mol. The van der Waals surface area contributed by atoms with Gasteiger partial charge >= 0.3 is 0 Å². The quantitative estimate of drug-likeness (QED) is 0.587.